The second kappa shape index (κ2) is 9.88. The predicted octanol–water partition coefficient (Wildman–Crippen LogP) is 0.877. The fraction of sp³-hybridized carbons (Fsp3) is 0.333. The molecular weight excluding hydrogens is 423 g/mol. The van der Waals surface area contributed by atoms with Crippen LogP contribution < -0.4 is 14.9 Å². The van der Waals surface area contributed by atoms with Gasteiger partial charge in [0.15, 0.2) is 0 Å². The van der Waals surface area contributed by atoms with E-state index in [0.29, 0.717) is 31.9 Å². The third kappa shape index (κ3) is 6.02. The first-order valence-corrected chi connectivity index (χ1v) is 11.3. The van der Waals surface area contributed by atoms with Crippen molar-refractivity contribution in [1.82, 2.24) is 14.9 Å². The van der Waals surface area contributed by atoms with Crippen LogP contribution in [0.4, 0.5) is 10.1 Å². The monoisotopic (exact) mass is 448 g/mol. The molecule has 3 rings (SSSR count). The topological polar surface area (TPSA) is 98.8 Å². The molecule has 2 amide bonds. The number of carbonyl (C=O) groups excluding carboxylic acids is 2. The highest BCUT2D eigenvalue weighted by Gasteiger charge is 2.23. The average Bonchev–Trinajstić information content (AvgIpc) is 2.77. The number of para-hydroxylation sites is 1. The van der Waals surface area contributed by atoms with Crippen molar-refractivity contribution in [2.45, 2.75) is 11.8 Å². The van der Waals surface area contributed by atoms with Gasteiger partial charge in [0.2, 0.25) is 21.8 Å². The van der Waals surface area contributed by atoms with E-state index in [1.165, 1.54) is 18.2 Å². The van der Waals surface area contributed by atoms with Crippen molar-refractivity contribution in [3.63, 3.8) is 0 Å². The maximum absolute atomic E-state index is 13.9. The molecule has 1 fully saturated rings. The second-order valence-electron chi connectivity index (χ2n) is 7.23. The summed E-state index contributed by atoms with van der Waals surface area (Å²) in [5.41, 5.74) is 1.42. The van der Waals surface area contributed by atoms with Gasteiger partial charge in [-0.2, -0.15) is 0 Å². The highest BCUT2D eigenvalue weighted by molar-refractivity contribution is 7.89. The molecule has 0 aromatic heterocycles. The highest BCUT2D eigenvalue weighted by atomic mass is 32.2. The number of hydrogen-bond acceptors (Lipinski definition) is 5. The Balaban J connectivity index is 1.42. The van der Waals surface area contributed by atoms with Gasteiger partial charge < -0.3 is 15.1 Å². The quantitative estimate of drug-likeness (QED) is 0.655. The molecule has 0 bridgehead atoms. The largest absolute Gasteiger partial charge is 0.366 e. The van der Waals surface area contributed by atoms with E-state index in [0.717, 1.165) is 5.56 Å². The number of benzene rings is 2. The summed E-state index contributed by atoms with van der Waals surface area (Å²) >= 11 is 0. The Morgan fingerprint density at radius 2 is 1.61 bits per heavy atom. The lowest BCUT2D eigenvalue weighted by Crippen LogP contribution is -2.52. The average molecular weight is 449 g/mol. The van der Waals surface area contributed by atoms with Crippen LogP contribution in [0.2, 0.25) is 0 Å². The van der Waals surface area contributed by atoms with E-state index >= 15 is 0 Å². The molecule has 0 atom stereocenters. The Kier molecular flexibility index (Phi) is 7.24. The van der Waals surface area contributed by atoms with E-state index < -0.39 is 22.5 Å². The number of piperazine rings is 1. The molecule has 31 heavy (non-hydrogen) atoms. The smallest absolute Gasteiger partial charge is 0.242 e. The maximum atomic E-state index is 13.9. The number of rotatable bonds is 7. The van der Waals surface area contributed by atoms with E-state index in [4.69, 9.17) is 0 Å². The van der Waals surface area contributed by atoms with Gasteiger partial charge in [-0.25, -0.2) is 17.5 Å². The van der Waals surface area contributed by atoms with Crippen molar-refractivity contribution in [1.29, 1.82) is 0 Å². The van der Waals surface area contributed by atoms with Gasteiger partial charge in [0.05, 0.1) is 23.7 Å². The summed E-state index contributed by atoms with van der Waals surface area (Å²) in [6.45, 7) is 2.92. The molecule has 0 spiro atoms. The molecule has 2 aromatic rings. The molecule has 1 aliphatic rings. The molecule has 166 valence electrons. The minimum absolute atomic E-state index is 0.0645. The van der Waals surface area contributed by atoms with Gasteiger partial charge >= 0.3 is 0 Å². The number of hydrogen-bond donors (Lipinski definition) is 2. The SMILES string of the molecule is Cc1ccc(S(=O)(=O)NCC(=O)NCC(=O)N2CCN(c3ccccc3F)CC2)cc1. The van der Waals surface area contributed by atoms with Gasteiger partial charge in [-0.1, -0.05) is 29.8 Å². The number of amides is 2. The first-order valence-electron chi connectivity index (χ1n) is 9.86. The molecule has 2 aromatic carbocycles. The van der Waals surface area contributed by atoms with Gasteiger partial charge in [-0.05, 0) is 31.2 Å². The predicted molar refractivity (Wildman–Crippen MR) is 115 cm³/mol. The molecule has 0 saturated carbocycles. The minimum atomic E-state index is -3.81. The zero-order valence-electron chi connectivity index (χ0n) is 17.2. The third-order valence-corrected chi connectivity index (χ3v) is 6.43. The van der Waals surface area contributed by atoms with Crippen LogP contribution in [0.3, 0.4) is 0 Å². The summed E-state index contributed by atoms with van der Waals surface area (Å²) < 4.78 is 40.5. The molecule has 8 nitrogen and oxygen atoms in total. The zero-order valence-corrected chi connectivity index (χ0v) is 18.0. The van der Waals surface area contributed by atoms with Gasteiger partial charge in [-0.15, -0.1) is 0 Å². The first-order chi connectivity index (χ1) is 14.8. The lowest BCUT2D eigenvalue weighted by atomic mass is 10.2. The Bertz CT molecular complexity index is 1040. The number of halogens is 1. The molecule has 0 radical (unpaired) electrons. The standard InChI is InChI=1S/C21H25FN4O4S/c1-16-6-8-17(9-7-16)31(29,30)24-14-20(27)23-15-21(28)26-12-10-25(11-13-26)19-5-3-2-4-18(19)22/h2-9,24H,10-15H2,1H3,(H,23,27). The van der Waals surface area contributed by atoms with Gasteiger partial charge in [0.1, 0.15) is 5.82 Å². The van der Waals surface area contributed by atoms with Gasteiger partial charge in [-0.3, -0.25) is 9.59 Å². The van der Waals surface area contributed by atoms with E-state index in [-0.39, 0.29) is 23.2 Å². The van der Waals surface area contributed by atoms with E-state index in [9.17, 15) is 22.4 Å². The van der Waals surface area contributed by atoms with Crippen LogP contribution >= 0.6 is 0 Å². The Labute approximate surface area is 181 Å². The molecular formula is C21H25FN4O4S. The Morgan fingerprint density at radius 1 is 0.968 bits per heavy atom. The summed E-state index contributed by atoms with van der Waals surface area (Å²) in [6, 6.07) is 12.7. The molecule has 1 saturated heterocycles. The zero-order chi connectivity index (χ0) is 22.4. The van der Waals surface area contributed by atoms with Crippen LogP contribution in [0, 0.1) is 12.7 Å². The molecule has 2 N–H and O–H groups in total. The summed E-state index contributed by atoms with van der Waals surface area (Å²) in [4.78, 5) is 27.9. The van der Waals surface area contributed by atoms with Crippen molar-refractivity contribution in [3.05, 3.63) is 59.9 Å². The highest BCUT2D eigenvalue weighted by Crippen LogP contribution is 2.20. The normalized spacial score (nSPS) is 14.4. The molecule has 1 aliphatic heterocycles. The van der Waals surface area contributed by atoms with Gasteiger partial charge in [0, 0.05) is 26.2 Å². The summed E-state index contributed by atoms with van der Waals surface area (Å²) in [5, 5.41) is 2.43. The van der Waals surface area contributed by atoms with Crippen molar-refractivity contribution in [3.8, 4) is 0 Å². The van der Waals surface area contributed by atoms with E-state index in [2.05, 4.69) is 10.0 Å². The molecule has 0 unspecified atom stereocenters. The Morgan fingerprint density at radius 3 is 2.26 bits per heavy atom. The van der Waals surface area contributed by atoms with Crippen LogP contribution in [0.5, 0.6) is 0 Å². The number of anilines is 1. The maximum Gasteiger partial charge on any atom is 0.242 e. The van der Waals surface area contributed by atoms with E-state index in [1.54, 1.807) is 35.2 Å². The summed E-state index contributed by atoms with van der Waals surface area (Å²) in [5.74, 6) is -1.18. The fourth-order valence-corrected chi connectivity index (χ4v) is 4.20. The van der Waals surface area contributed by atoms with Crippen molar-refractivity contribution >= 4 is 27.5 Å². The van der Waals surface area contributed by atoms with Crippen LogP contribution in [0.15, 0.2) is 53.4 Å². The second-order valence-corrected chi connectivity index (χ2v) is 9.00. The Hall–Kier alpha value is -2.98. The van der Waals surface area contributed by atoms with Gasteiger partial charge in [0.25, 0.3) is 0 Å². The van der Waals surface area contributed by atoms with Crippen molar-refractivity contribution in [2.75, 3.05) is 44.2 Å². The van der Waals surface area contributed by atoms with E-state index in [1.807, 2.05) is 11.8 Å². The lowest BCUT2D eigenvalue weighted by molar-refractivity contribution is -0.132. The number of nitrogens with zero attached hydrogens (tertiary/aromatic N) is 2. The number of carbonyl (C=O) groups is 2. The van der Waals surface area contributed by atoms with Crippen molar-refractivity contribution in [2.24, 2.45) is 0 Å². The third-order valence-electron chi connectivity index (χ3n) is 5.02. The number of sulfonamides is 1. The molecule has 10 heteroatoms. The number of aryl methyl sites for hydroxylation is 1. The van der Waals surface area contributed by atoms with Crippen LogP contribution in [-0.2, 0) is 19.6 Å². The first kappa shape index (κ1) is 22.7. The minimum Gasteiger partial charge on any atom is -0.366 e. The number of nitrogens with one attached hydrogen (secondary N) is 2. The molecule has 0 aliphatic carbocycles. The summed E-state index contributed by atoms with van der Waals surface area (Å²) in [6.07, 6.45) is 0. The van der Waals surface area contributed by atoms with Crippen molar-refractivity contribution < 1.29 is 22.4 Å². The van der Waals surface area contributed by atoms with Crippen LogP contribution in [0.1, 0.15) is 5.56 Å². The summed E-state index contributed by atoms with van der Waals surface area (Å²) in [7, 11) is -3.81. The molecule has 1 heterocycles. The van der Waals surface area contributed by atoms with Crippen LogP contribution in [-0.4, -0.2) is 64.4 Å². The fourth-order valence-electron chi connectivity index (χ4n) is 3.21. The lowest BCUT2D eigenvalue weighted by Gasteiger charge is -2.36. The van der Waals surface area contributed by atoms with Crippen LogP contribution in [0.25, 0.3) is 0 Å².